The van der Waals surface area contributed by atoms with Crippen LogP contribution in [0.1, 0.15) is 28.6 Å². The highest BCUT2D eigenvalue weighted by Gasteiger charge is 2.30. The summed E-state index contributed by atoms with van der Waals surface area (Å²) in [5, 5.41) is 13.2. The fraction of sp³-hybridized carbons (Fsp3) is 0.350. The van der Waals surface area contributed by atoms with Gasteiger partial charge in [0.15, 0.2) is 5.82 Å². The Morgan fingerprint density at radius 2 is 1.89 bits per heavy atom. The van der Waals surface area contributed by atoms with E-state index in [0.717, 1.165) is 35.9 Å². The first-order valence-electron chi connectivity index (χ1n) is 9.07. The molecule has 4 rings (SSSR count). The summed E-state index contributed by atoms with van der Waals surface area (Å²) >= 11 is 6.12. The second-order valence-electron chi connectivity index (χ2n) is 6.70. The summed E-state index contributed by atoms with van der Waals surface area (Å²) in [6.07, 6.45) is 1.01. The molecular formula is C20H22ClN5O. The van der Waals surface area contributed by atoms with Gasteiger partial charge in [0.2, 0.25) is 0 Å². The highest BCUT2D eigenvalue weighted by Crippen LogP contribution is 2.32. The van der Waals surface area contributed by atoms with Crippen LogP contribution in [0, 0.1) is 0 Å². The smallest absolute Gasteiger partial charge is 0.173 e. The van der Waals surface area contributed by atoms with E-state index in [9.17, 15) is 0 Å². The Morgan fingerprint density at radius 1 is 1.11 bits per heavy atom. The maximum absolute atomic E-state index is 6.12. The van der Waals surface area contributed by atoms with Gasteiger partial charge in [-0.25, -0.2) is 4.68 Å². The third kappa shape index (κ3) is 3.88. The average Bonchev–Trinajstić information content (AvgIpc) is 3.16. The molecular weight excluding hydrogens is 362 g/mol. The Balaban J connectivity index is 1.71. The summed E-state index contributed by atoms with van der Waals surface area (Å²) in [6, 6.07) is 16.5. The van der Waals surface area contributed by atoms with Crippen LogP contribution in [0.5, 0.6) is 0 Å². The Kier molecular flexibility index (Phi) is 5.48. The fourth-order valence-electron chi connectivity index (χ4n) is 3.65. The zero-order valence-electron chi connectivity index (χ0n) is 15.3. The number of hydrogen-bond acceptors (Lipinski definition) is 5. The van der Waals surface area contributed by atoms with Crippen LogP contribution in [0.25, 0.3) is 0 Å². The van der Waals surface area contributed by atoms with E-state index in [1.54, 1.807) is 7.11 Å². The number of halogens is 1. The second kappa shape index (κ2) is 8.17. The van der Waals surface area contributed by atoms with Gasteiger partial charge in [0, 0.05) is 25.2 Å². The third-order valence-electron chi connectivity index (χ3n) is 5.02. The van der Waals surface area contributed by atoms with Crippen LogP contribution in [0.3, 0.4) is 0 Å². The lowest BCUT2D eigenvalue weighted by Gasteiger charge is -2.35. The molecule has 0 radical (unpaired) electrons. The highest BCUT2D eigenvalue weighted by atomic mass is 35.5. The van der Waals surface area contributed by atoms with Crippen molar-refractivity contribution in [1.82, 2.24) is 25.1 Å². The van der Waals surface area contributed by atoms with Crippen molar-refractivity contribution in [3.63, 3.8) is 0 Å². The van der Waals surface area contributed by atoms with Gasteiger partial charge in [-0.05, 0) is 45.7 Å². The predicted octanol–water partition coefficient (Wildman–Crippen LogP) is 3.12. The van der Waals surface area contributed by atoms with E-state index >= 15 is 0 Å². The van der Waals surface area contributed by atoms with E-state index in [0.29, 0.717) is 13.2 Å². The largest absolute Gasteiger partial charge is 0.383 e. The van der Waals surface area contributed by atoms with Gasteiger partial charge >= 0.3 is 0 Å². The molecule has 140 valence electrons. The number of fused-ring (bicyclic) bond motifs is 1. The topological polar surface area (TPSA) is 56.1 Å². The van der Waals surface area contributed by atoms with Crippen molar-refractivity contribution < 1.29 is 4.74 Å². The van der Waals surface area contributed by atoms with Crippen molar-refractivity contribution in [3.8, 4) is 0 Å². The summed E-state index contributed by atoms with van der Waals surface area (Å²) in [6.45, 7) is 2.99. The number of methoxy groups -OCH3 is 1. The molecule has 7 heteroatoms. The first kappa shape index (κ1) is 18.1. The zero-order valence-corrected chi connectivity index (χ0v) is 16.0. The molecule has 27 heavy (non-hydrogen) atoms. The number of aromatic nitrogens is 4. The number of rotatable bonds is 6. The summed E-state index contributed by atoms with van der Waals surface area (Å²) in [7, 11) is 1.68. The molecule has 0 saturated carbocycles. The van der Waals surface area contributed by atoms with Crippen LogP contribution in [0.2, 0.25) is 5.02 Å². The Hall–Kier alpha value is -2.28. The predicted molar refractivity (Wildman–Crippen MR) is 104 cm³/mol. The molecule has 3 aromatic rings. The van der Waals surface area contributed by atoms with Gasteiger partial charge in [-0.15, -0.1) is 5.10 Å². The standard InChI is InChI=1S/C20H22ClN5O/c1-27-13-12-26-20(22-23-24-26)19(16-6-8-18(21)9-7-16)25-11-10-15-4-2-3-5-17(15)14-25/h2-9,19H,10-14H2,1H3/t19-/m0/s1. The van der Waals surface area contributed by atoms with Crippen LogP contribution >= 0.6 is 11.6 Å². The van der Waals surface area contributed by atoms with Gasteiger partial charge in [0.1, 0.15) is 0 Å². The molecule has 0 spiro atoms. The number of ether oxygens (including phenoxy) is 1. The molecule has 0 saturated heterocycles. The molecule has 1 atom stereocenters. The minimum Gasteiger partial charge on any atom is -0.383 e. The summed E-state index contributed by atoms with van der Waals surface area (Å²) in [5.41, 5.74) is 3.91. The summed E-state index contributed by atoms with van der Waals surface area (Å²) < 4.78 is 7.05. The van der Waals surface area contributed by atoms with Gasteiger partial charge in [0.25, 0.3) is 0 Å². The Bertz CT molecular complexity index is 895. The molecule has 2 heterocycles. The van der Waals surface area contributed by atoms with Crippen LogP contribution in [0.4, 0.5) is 0 Å². The van der Waals surface area contributed by atoms with E-state index < -0.39 is 0 Å². The number of benzene rings is 2. The third-order valence-corrected chi connectivity index (χ3v) is 5.27. The van der Waals surface area contributed by atoms with E-state index in [2.05, 4.69) is 56.8 Å². The van der Waals surface area contributed by atoms with Crippen molar-refractivity contribution in [3.05, 3.63) is 76.1 Å². The first-order chi connectivity index (χ1) is 13.3. The van der Waals surface area contributed by atoms with E-state index in [1.165, 1.54) is 11.1 Å². The molecule has 0 aliphatic carbocycles. The van der Waals surface area contributed by atoms with Gasteiger partial charge in [0.05, 0.1) is 19.2 Å². The Labute approximate surface area is 163 Å². The first-order valence-corrected chi connectivity index (χ1v) is 9.45. The molecule has 1 aromatic heterocycles. The molecule has 6 nitrogen and oxygen atoms in total. The lowest BCUT2D eigenvalue weighted by Crippen LogP contribution is -2.36. The monoisotopic (exact) mass is 383 g/mol. The van der Waals surface area contributed by atoms with Crippen molar-refractivity contribution in [1.29, 1.82) is 0 Å². The van der Waals surface area contributed by atoms with Crippen LogP contribution < -0.4 is 0 Å². The van der Waals surface area contributed by atoms with Crippen LogP contribution in [-0.2, 0) is 24.2 Å². The molecule has 0 N–H and O–H groups in total. The fourth-order valence-corrected chi connectivity index (χ4v) is 3.78. The van der Waals surface area contributed by atoms with Gasteiger partial charge < -0.3 is 4.74 Å². The zero-order chi connectivity index (χ0) is 18.6. The minimum atomic E-state index is -0.0394. The van der Waals surface area contributed by atoms with Gasteiger partial charge in [-0.3, -0.25) is 4.90 Å². The van der Waals surface area contributed by atoms with E-state index in [4.69, 9.17) is 16.3 Å². The summed E-state index contributed by atoms with van der Waals surface area (Å²) in [4.78, 5) is 2.43. The molecule has 0 fully saturated rings. The lowest BCUT2D eigenvalue weighted by molar-refractivity contribution is 0.170. The quantitative estimate of drug-likeness (QED) is 0.654. The van der Waals surface area contributed by atoms with Crippen LogP contribution in [-0.4, -0.2) is 45.4 Å². The van der Waals surface area contributed by atoms with E-state index in [1.807, 2.05) is 16.8 Å². The van der Waals surface area contributed by atoms with E-state index in [-0.39, 0.29) is 6.04 Å². The van der Waals surface area contributed by atoms with Gasteiger partial charge in [-0.1, -0.05) is 48.0 Å². The number of tetrazole rings is 1. The van der Waals surface area contributed by atoms with Gasteiger partial charge in [-0.2, -0.15) is 0 Å². The van der Waals surface area contributed by atoms with Crippen molar-refractivity contribution >= 4 is 11.6 Å². The molecule has 0 bridgehead atoms. The molecule has 1 aliphatic heterocycles. The van der Waals surface area contributed by atoms with Crippen molar-refractivity contribution in [2.75, 3.05) is 20.3 Å². The van der Waals surface area contributed by atoms with Crippen molar-refractivity contribution in [2.24, 2.45) is 0 Å². The number of hydrogen-bond donors (Lipinski definition) is 0. The SMILES string of the molecule is COCCn1nnnc1[C@H](c1ccc(Cl)cc1)N1CCc2ccccc2C1. The molecule has 2 aromatic carbocycles. The highest BCUT2D eigenvalue weighted by molar-refractivity contribution is 6.30. The average molecular weight is 384 g/mol. The number of nitrogens with zero attached hydrogens (tertiary/aromatic N) is 5. The summed E-state index contributed by atoms with van der Waals surface area (Å²) in [5.74, 6) is 0.828. The normalized spacial score (nSPS) is 15.5. The Morgan fingerprint density at radius 3 is 2.67 bits per heavy atom. The molecule has 0 unspecified atom stereocenters. The maximum atomic E-state index is 6.12. The second-order valence-corrected chi connectivity index (χ2v) is 7.13. The maximum Gasteiger partial charge on any atom is 0.173 e. The van der Waals surface area contributed by atoms with Crippen LogP contribution in [0.15, 0.2) is 48.5 Å². The molecule has 0 amide bonds. The molecule has 1 aliphatic rings. The lowest BCUT2D eigenvalue weighted by atomic mass is 9.96. The minimum absolute atomic E-state index is 0.0394. The van der Waals surface area contributed by atoms with Crippen molar-refractivity contribution in [2.45, 2.75) is 25.6 Å².